The van der Waals surface area contributed by atoms with E-state index in [1.807, 2.05) is 0 Å². The zero-order chi connectivity index (χ0) is 5.98. The maximum atomic E-state index is 5.56. The predicted molar refractivity (Wildman–Crippen MR) is 35.6 cm³/mol. The molecular formula is C7H13N. The molecule has 46 valence electrons. The van der Waals surface area contributed by atoms with Gasteiger partial charge in [-0.2, -0.15) is 0 Å². The van der Waals surface area contributed by atoms with E-state index in [2.05, 4.69) is 13.0 Å². The van der Waals surface area contributed by atoms with Gasteiger partial charge in [0, 0.05) is 6.04 Å². The van der Waals surface area contributed by atoms with Gasteiger partial charge < -0.3 is 5.73 Å². The van der Waals surface area contributed by atoms with E-state index in [9.17, 15) is 0 Å². The standard InChI is InChI=1S/C7H13N/c1-2-3-6-4-7(8)5-6/h3,7H,2,4-5,8H2,1H3. The number of rotatable bonds is 1. The van der Waals surface area contributed by atoms with Gasteiger partial charge in [0.15, 0.2) is 0 Å². The molecule has 0 aromatic rings. The maximum Gasteiger partial charge on any atom is 0.0113 e. The fourth-order valence-corrected chi connectivity index (χ4v) is 1.07. The first-order valence-corrected chi connectivity index (χ1v) is 3.26. The molecule has 0 aromatic carbocycles. The smallest absolute Gasteiger partial charge is 0.0113 e. The van der Waals surface area contributed by atoms with Crippen LogP contribution in [0.5, 0.6) is 0 Å². The van der Waals surface area contributed by atoms with Gasteiger partial charge in [0.2, 0.25) is 0 Å². The van der Waals surface area contributed by atoms with Crippen LogP contribution in [-0.2, 0) is 0 Å². The molecule has 0 aliphatic heterocycles. The van der Waals surface area contributed by atoms with E-state index < -0.39 is 0 Å². The summed E-state index contributed by atoms with van der Waals surface area (Å²) in [4.78, 5) is 0. The molecule has 0 amide bonds. The molecule has 1 fully saturated rings. The summed E-state index contributed by atoms with van der Waals surface area (Å²) < 4.78 is 0. The fraction of sp³-hybridized carbons (Fsp3) is 0.714. The van der Waals surface area contributed by atoms with Crippen molar-refractivity contribution in [2.24, 2.45) is 5.73 Å². The van der Waals surface area contributed by atoms with E-state index in [1.54, 1.807) is 5.57 Å². The molecule has 1 saturated carbocycles. The summed E-state index contributed by atoms with van der Waals surface area (Å²) in [6.07, 6.45) is 5.74. The lowest BCUT2D eigenvalue weighted by atomic mass is 9.87. The number of allylic oxidation sites excluding steroid dienone is 1. The van der Waals surface area contributed by atoms with Crippen LogP contribution in [0.1, 0.15) is 26.2 Å². The average Bonchev–Trinajstić information content (AvgIpc) is 1.64. The predicted octanol–water partition coefficient (Wildman–Crippen LogP) is 1.44. The summed E-state index contributed by atoms with van der Waals surface area (Å²) in [6.45, 7) is 2.16. The van der Waals surface area contributed by atoms with Crippen LogP contribution in [-0.4, -0.2) is 6.04 Å². The minimum Gasteiger partial charge on any atom is -0.327 e. The summed E-state index contributed by atoms with van der Waals surface area (Å²) in [7, 11) is 0. The normalized spacial score (nSPS) is 27.2. The van der Waals surface area contributed by atoms with Gasteiger partial charge in [-0.1, -0.05) is 18.6 Å². The first-order valence-electron chi connectivity index (χ1n) is 3.26. The number of hydrogen-bond donors (Lipinski definition) is 1. The largest absolute Gasteiger partial charge is 0.327 e. The molecule has 0 bridgehead atoms. The van der Waals surface area contributed by atoms with Crippen molar-refractivity contribution in [1.82, 2.24) is 0 Å². The first-order chi connectivity index (χ1) is 3.83. The molecule has 0 spiro atoms. The molecule has 1 aliphatic rings. The van der Waals surface area contributed by atoms with Gasteiger partial charge in [0.25, 0.3) is 0 Å². The molecule has 0 unspecified atom stereocenters. The van der Waals surface area contributed by atoms with Crippen molar-refractivity contribution >= 4 is 0 Å². The van der Waals surface area contributed by atoms with Crippen molar-refractivity contribution in [2.45, 2.75) is 32.2 Å². The third-order valence-electron chi connectivity index (χ3n) is 1.54. The van der Waals surface area contributed by atoms with E-state index in [0.29, 0.717) is 6.04 Å². The van der Waals surface area contributed by atoms with Crippen molar-refractivity contribution in [3.05, 3.63) is 11.6 Å². The van der Waals surface area contributed by atoms with E-state index >= 15 is 0 Å². The molecule has 0 atom stereocenters. The summed E-state index contributed by atoms with van der Waals surface area (Å²) in [5, 5.41) is 0. The van der Waals surface area contributed by atoms with Crippen LogP contribution in [0.2, 0.25) is 0 Å². The van der Waals surface area contributed by atoms with E-state index in [-0.39, 0.29) is 0 Å². The van der Waals surface area contributed by atoms with E-state index in [4.69, 9.17) is 5.73 Å². The molecule has 0 heterocycles. The van der Waals surface area contributed by atoms with Crippen LogP contribution in [0.15, 0.2) is 11.6 Å². The quantitative estimate of drug-likeness (QED) is 0.509. The number of nitrogens with two attached hydrogens (primary N) is 1. The molecule has 1 nitrogen and oxygen atoms in total. The lowest BCUT2D eigenvalue weighted by Crippen LogP contribution is -2.29. The second-order valence-corrected chi connectivity index (χ2v) is 2.44. The van der Waals surface area contributed by atoms with Crippen molar-refractivity contribution in [3.8, 4) is 0 Å². The van der Waals surface area contributed by atoms with Gasteiger partial charge in [-0.3, -0.25) is 0 Å². The summed E-state index contributed by atoms with van der Waals surface area (Å²) in [6, 6.07) is 0.479. The molecule has 1 aliphatic carbocycles. The van der Waals surface area contributed by atoms with Crippen LogP contribution in [0.25, 0.3) is 0 Å². The summed E-state index contributed by atoms with van der Waals surface area (Å²) in [5.74, 6) is 0. The van der Waals surface area contributed by atoms with Crippen molar-refractivity contribution in [3.63, 3.8) is 0 Å². The zero-order valence-electron chi connectivity index (χ0n) is 5.35. The van der Waals surface area contributed by atoms with Crippen molar-refractivity contribution < 1.29 is 0 Å². The van der Waals surface area contributed by atoms with Gasteiger partial charge in [0.05, 0.1) is 0 Å². The third-order valence-corrected chi connectivity index (χ3v) is 1.54. The van der Waals surface area contributed by atoms with Crippen LogP contribution in [0, 0.1) is 0 Å². The van der Waals surface area contributed by atoms with Gasteiger partial charge in [-0.05, 0) is 19.3 Å². The minimum atomic E-state index is 0.479. The SMILES string of the molecule is CCC=C1CC(N)C1. The number of hydrogen-bond acceptors (Lipinski definition) is 1. The lowest BCUT2D eigenvalue weighted by molar-refractivity contribution is 0.539. The fourth-order valence-electron chi connectivity index (χ4n) is 1.07. The molecule has 2 N–H and O–H groups in total. The molecule has 0 aromatic heterocycles. The van der Waals surface area contributed by atoms with Crippen molar-refractivity contribution in [1.29, 1.82) is 0 Å². The zero-order valence-corrected chi connectivity index (χ0v) is 5.35. The topological polar surface area (TPSA) is 26.0 Å². The van der Waals surface area contributed by atoms with Crippen LogP contribution >= 0.6 is 0 Å². The Hall–Kier alpha value is -0.300. The molecule has 1 rings (SSSR count). The highest BCUT2D eigenvalue weighted by Crippen LogP contribution is 2.24. The van der Waals surface area contributed by atoms with Crippen LogP contribution in [0.3, 0.4) is 0 Å². The van der Waals surface area contributed by atoms with Gasteiger partial charge in [-0.15, -0.1) is 0 Å². The molecular weight excluding hydrogens is 98.1 g/mol. The highest BCUT2D eigenvalue weighted by molar-refractivity contribution is 5.14. The summed E-state index contributed by atoms with van der Waals surface area (Å²) >= 11 is 0. The van der Waals surface area contributed by atoms with Crippen LogP contribution < -0.4 is 5.73 Å². The van der Waals surface area contributed by atoms with Gasteiger partial charge in [0.1, 0.15) is 0 Å². The minimum absolute atomic E-state index is 0.479. The maximum absolute atomic E-state index is 5.56. The molecule has 1 heteroatoms. The van der Waals surface area contributed by atoms with Crippen LogP contribution in [0.4, 0.5) is 0 Å². The van der Waals surface area contributed by atoms with Gasteiger partial charge in [-0.25, -0.2) is 0 Å². The Morgan fingerprint density at radius 2 is 2.38 bits per heavy atom. The molecule has 0 saturated heterocycles. The average molecular weight is 111 g/mol. The lowest BCUT2D eigenvalue weighted by Gasteiger charge is -2.24. The highest BCUT2D eigenvalue weighted by Gasteiger charge is 2.16. The van der Waals surface area contributed by atoms with E-state index in [1.165, 1.54) is 6.42 Å². The Bertz CT molecular complexity index is 97.0. The van der Waals surface area contributed by atoms with Crippen molar-refractivity contribution in [2.75, 3.05) is 0 Å². The Kier molecular flexibility index (Phi) is 1.69. The second-order valence-electron chi connectivity index (χ2n) is 2.44. The monoisotopic (exact) mass is 111 g/mol. The Morgan fingerprint density at radius 1 is 1.75 bits per heavy atom. The molecule has 0 radical (unpaired) electrons. The molecule has 8 heavy (non-hydrogen) atoms. The first kappa shape index (κ1) is 5.83. The third kappa shape index (κ3) is 1.10. The van der Waals surface area contributed by atoms with E-state index in [0.717, 1.165) is 12.8 Å². The Labute approximate surface area is 50.6 Å². The van der Waals surface area contributed by atoms with Gasteiger partial charge >= 0.3 is 0 Å². The second kappa shape index (κ2) is 2.31. The highest BCUT2D eigenvalue weighted by atomic mass is 14.7. The Morgan fingerprint density at radius 3 is 2.75 bits per heavy atom. The Balaban J connectivity index is 2.23. The summed E-state index contributed by atoms with van der Waals surface area (Å²) in [5.41, 5.74) is 7.11.